The number of aliphatic carboxylic acids is 1. The zero-order valence-electron chi connectivity index (χ0n) is 8.47. The van der Waals surface area contributed by atoms with Gasteiger partial charge in [-0.3, -0.25) is 14.9 Å². The summed E-state index contributed by atoms with van der Waals surface area (Å²) < 4.78 is 0. The van der Waals surface area contributed by atoms with E-state index in [9.17, 15) is 19.7 Å². The number of para-hydroxylation sites is 1. The van der Waals surface area contributed by atoms with Gasteiger partial charge in [0.1, 0.15) is 0 Å². The molecule has 6 heteroatoms. The monoisotopic (exact) mass is 223 g/mol. The molecule has 1 aromatic rings. The largest absolute Gasteiger partial charge is 0.475 e. The number of nitro groups is 1. The number of hydrogen-bond donors (Lipinski definition) is 1. The van der Waals surface area contributed by atoms with Crippen molar-refractivity contribution in [3.63, 3.8) is 0 Å². The Labute approximate surface area is 90.7 Å². The fourth-order valence-electron chi connectivity index (χ4n) is 1.37. The van der Waals surface area contributed by atoms with Crippen molar-refractivity contribution < 1.29 is 19.6 Å². The summed E-state index contributed by atoms with van der Waals surface area (Å²) in [6.45, 7) is 1.53. The number of benzene rings is 1. The zero-order valence-corrected chi connectivity index (χ0v) is 8.47. The highest BCUT2D eigenvalue weighted by atomic mass is 16.6. The Balaban J connectivity index is 3.14. The summed E-state index contributed by atoms with van der Waals surface area (Å²) in [5.41, 5.74) is 0.329. The first kappa shape index (κ1) is 11.8. The van der Waals surface area contributed by atoms with Crippen LogP contribution in [0.4, 0.5) is 5.69 Å². The van der Waals surface area contributed by atoms with E-state index in [2.05, 4.69) is 0 Å². The maximum Gasteiger partial charge on any atom is 0.372 e. The molecule has 0 aliphatic carbocycles. The van der Waals surface area contributed by atoms with Crippen LogP contribution in [0.3, 0.4) is 0 Å². The average Bonchev–Trinajstić information content (AvgIpc) is 2.16. The quantitative estimate of drug-likeness (QED) is 0.468. The van der Waals surface area contributed by atoms with E-state index in [0.717, 1.165) is 0 Å². The number of ketones is 1. The molecule has 0 heterocycles. The molecule has 0 aliphatic heterocycles. The van der Waals surface area contributed by atoms with Crippen LogP contribution in [0.5, 0.6) is 0 Å². The van der Waals surface area contributed by atoms with Gasteiger partial charge in [-0.05, 0) is 6.92 Å². The molecule has 6 nitrogen and oxygen atoms in total. The second-order valence-corrected chi connectivity index (χ2v) is 3.24. The summed E-state index contributed by atoms with van der Waals surface area (Å²) in [5.74, 6) is -2.65. The van der Waals surface area contributed by atoms with Crippen LogP contribution in [-0.2, 0) is 16.0 Å². The Morgan fingerprint density at radius 2 is 2.06 bits per heavy atom. The number of carboxylic acids is 1. The highest BCUT2D eigenvalue weighted by Crippen LogP contribution is 2.23. The predicted octanol–water partition coefficient (Wildman–Crippen LogP) is 1.10. The summed E-state index contributed by atoms with van der Waals surface area (Å²) >= 11 is 0. The molecule has 0 unspecified atom stereocenters. The third-order valence-corrected chi connectivity index (χ3v) is 2.09. The summed E-state index contributed by atoms with van der Waals surface area (Å²) in [7, 11) is 0. The predicted molar refractivity (Wildman–Crippen MR) is 54.2 cm³/mol. The molecule has 0 spiro atoms. The lowest BCUT2D eigenvalue weighted by Crippen LogP contribution is -2.16. The number of nitrogens with zero attached hydrogens (tertiary/aromatic N) is 1. The van der Waals surface area contributed by atoms with Crippen LogP contribution in [0.2, 0.25) is 0 Å². The summed E-state index contributed by atoms with van der Waals surface area (Å²) in [6.07, 6.45) is -0.465. The van der Waals surface area contributed by atoms with Crippen LogP contribution in [0, 0.1) is 17.0 Å². The van der Waals surface area contributed by atoms with Crippen molar-refractivity contribution in [2.45, 2.75) is 13.3 Å². The first-order valence-electron chi connectivity index (χ1n) is 4.42. The molecule has 0 aromatic heterocycles. The van der Waals surface area contributed by atoms with E-state index >= 15 is 0 Å². The van der Waals surface area contributed by atoms with E-state index in [1.807, 2.05) is 0 Å². The summed E-state index contributed by atoms with van der Waals surface area (Å²) in [5, 5.41) is 19.2. The minimum Gasteiger partial charge on any atom is -0.475 e. The summed E-state index contributed by atoms with van der Waals surface area (Å²) in [4.78, 5) is 31.5. The SMILES string of the molecule is Cc1cccc(CC(=O)C(=O)O)c1[N+](=O)[O-]. The van der Waals surface area contributed by atoms with Crippen molar-refractivity contribution in [3.8, 4) is 0 Å². The molecule has 0 aliphatic rings. The van der Waals surface area contributed by atoms with E-state index in [1.165, 1.54) is 19.1 Å². The fraction of sp³-hybridized carbons (Fsp3) is 0.200. The molecule has 0 fully saturated rings. The van der Waals surface area contributed by atoms with E-state index in [4.69, 9.17) is 5.11 Å². The number of nitro benzene ring substituents is 1. The van der Waals surface area contributed by atoms with Crippen LogP contribution >= 0.6 is 0 Å². The maximum atomic E-state index is 11.0. The molecular formula is C10H9NO5. The van der Waals surface area contributed by atoms with Crippen molar-refractivity contribution >= 4 is 17.4 Å². The lowest BCUT2D eigenvalue weighted by Gasteiger charge is -2.02. The van der Waals surface area contributed by atoms with Gasteiger partial charge in [0.05, 0.1) is 4.92 Å². The second-order valence-electron chi connectivity index (χ2n) is 3.24. The van der Waals surface area contributed by atoms with Crippen molar-refractivity contribution in [2.24, 2.45) is 0 Å². The van der Waals surface area contributed by atoms with E-state index in [-0.39, 0.29) is 11.3 Å². The number of rotatable bonds is 4. The van der Waals surface area contributed by atoms with Crippen LogP contribution < -0.4 is 0 Å². The Hall–Kier alpha value is -2.24. The Kier molecular flexibility index (Phi) is 3.34. The molecular weight excluding hydrogens is 214 g/mol. The van der Waals surface area contributed by atoms with Gasteiger partial charge in [-0.15, -0.1) is 0 Å². The van der Waals surface area contributed by atoms with Crippen LogP contribution in [0.25, 0.3) is 0 Å². The molecule has 0 saturated carbocycles. The van der Waals surface area contributed by atoms with Crippen molar-refractivity contribution in [1.29, 1.82) is 0 Å². The minimum absolute atomic E-state index is 0.123. The average molecular weight is 223 g/mol. The van der Waals surface area contributed by atoms with Gasteiger partial charge in [0, 0.05) is 17.5 Å². The maximum absolute atomic E-state index is 11.0. The van der Waals surface area contributed by atoms with Crippen molar-refractivity contribution in [1.82, 2.24) is 0 Å². The first-order valence-corrected chi connectivity index (χ1v) is 4.42. The van der Waals surface area contributed by atoms with Gasteiger partial charge in [0.2, 0.25) is 5.78 Å². The molecule has 0 amide bonds. The molecule has 1 rings (SSSR count). The molecule has 16 heavy (non-hydrogen) atoms. The third-order valence-electron chi connectivity index (χ3n) is 2.09. The first-order chi connectivity index (χ1) is 7.43. The van der Waals surface area contributed by atoms with Gasteiger partial charge < -0.3 is 5.11 Å². The zero-order chi connectivity index (χ0) is 12.3. The molecule has 1 N–H and O–H groups in total. The van der Waals surface area contributed by atoms with E-state index < -0.39 is 23.1 Å². The Morgan fingerprint density at radius 3 is 2.56 bits per heavy atom. The lowest BCUT2D eigenvalue weighted by atomic mass is 10.0. The second kappa shape index (κ2) is 4.52. The van der Waals surface area contributed by atoms with Gasteiger partial charge in [0.25, 0.3) is 5.69 Å². The van der Waals surface area contributed by atoms with Gasteiger partial charge in [-0.1, -0.05) is 18.2 Å². The number of carbonyl (C=O) groups excluding carboxylic acids is 1. The topological polar surface area (TPSA) is 97.5 Å². The molecule has 0 bridgehead atoms. The van der Waals surface area contributed by atoms with Crippen LogP contribution in [0.1, 0.15) is 11.1 Å². The van der Waals surface area contributed by atoms with E-state index in [0.29, 0.717) is 5.56 Å². The van der Waals surface area contributed by atoms with Gasteiger partial charge >= 0.3 is 5.97 Å². The van der Waals surface area contributed by atoms with E-state index in [1.54, 1.807) is 6.07 Å². The van der Waals surface area contributed by atoms with Gasteiger partial charge in [-0.2, -0.15) is 0 Å². The van der Waals surface area contributed by atoms with Crippen LogP contribution in [-0.4, -0.2) is 21.8 Å². The standard InChI is InChI=1S/C10H9NO5/c1-6-3-2-4-7(9(6)11(15)16)5-8(12)10(13)14/h2-4H,5H2,1H3,(H,13,14). The molecule has 84 valence electrons. The highest BCUT2D eigenvalue weighted by Gasteiger charge is 2.21. The smallest absolute Gasteiger partial charge is 0.372 e. The molecule has 0 atom stereocenters. The van der Waals surface area contributed by atoms with Crippen LogP contribution in [0.15, 0.2) is 18.2 Å². The normalized spacial score (nSPS) is 9.81. The fourth-order valence-corrected chi connectivity index (χ4v) is 1.37. The van der Waals surface area contributed by atoms with Crippen molar-refractivity contribution in [2.75, 3.05) is 0 Å². The third kappa shape index (κ3) is 2.41. The number of Topliss-reactive ketones (excluding diaryl/α,β-unsaturated/α-hetero) is 1. The van der Waals surface area contributed by atoms with Crippen molar-refractivity contribution in [3.05, 3.63) is 39.4 Å². The number of carboxylic acid groups (broad SMARTS) is 1. The molecule has 0 saturated heterocycles. The Bertz CT molecular complexity index is 466. The minimum atomic E-state index is -1.59. The number of carbonyl (C=O) groups is 2. The summed E-state index contributed by atoms with van der Waals surface area (Å²) in [6, 6.07) is 4.46. The number of aryl methyl sites for hydroxylation is 1. The Morgan fingerprint density at radius 1 is 1.44 bits per heavy atom. The van der Waals surface area contributed by atoms with Gasteiger partial charge in [0.15, 0.2) is 0 Å². The van der Waals surface area contributed by atoms with Gasteiger partial charge in [-0.25, -0.2) is 4.79 Å². The number of hydrogen-bond acceptors (Lipinski definition) is 4. The highest BCUT2D eigenvalue weighted by molar-refractivity contribution is 6.33. The lowest BCUT2D eigenvalue weighted by molar-refractivity contribution is -0.386. The molecule has 1 aromatic carbocycles. The molecule has 0 radical (unpaired) electrons.